The summed E-state index contributed by atoms with van der Waals surface area (Å²) in [6, 6.07) is 31.5. The third-order valence-electron chi connectivity index (χ3n) is 5.52. The van der Waals surface area contributed by atoms with Gasteiger partial charge < -0.3 is 0 Å². The Morgan fingerprint density at radius 2 is 1.04 bits per heavy atom. The molecule has 3 rings (SSSR count). The Hall–Kier alpha value is -1.66. The van der Waals surface area contributed by atoms with Crippen molar-refractivity contribution in [1.29, 1.82) is 0 Å². The molecule has 0 aliphatic rings. The Bertz CT molecular complexity index is 765. The third-order valence-corrected chi connectivity index (χ3v) is 13.5. The van der Waals surface area contributed by atoms with E-state index in [0.29, 0.717) is 12.5 Å². The SMILES string of the molecule is CC(C)CCOC(C)P(Cl)(c1ccccc1)(c1ccccc1)c1ccccc1. The summed E-state index contributed by atoms with van der Waals surface area (Å²) in [5.74, 6) is -2.92. The van der Waals surface area contributed by atoms with Gasteiger partial charge in [-0.05, 0) is 0 Å². The van der Waals surface area contributed by atoms with Crippen LogP contribution in [0.5, 0.6) is 0 Å². The fourth-order valence-corrected chi connectivity index (χ4v) is 9.84. The first-order chi connectivity index (χ1) is 13.5. The molecule has 3 aromatic rings. The van der Waals surface area contributed by atoms with Crippen LogP contribution in [0, 0.1) is 5.92 Å². The molecule has 1 nitrogen and oxygen atoms in total. The summed E-state index contributed by atoms with van der Waals surface area (Å²) in [5.41, 5.74) is 0. The topological polar surface area (TPSA) is 9.23 Å². The van der Waals surface area contributed by atoms with Gasteiger partial charge in [0.15, 0.2) is 0 Å². The summed E-state index contributed by atoms with van der Waals surface area (Å²) >= 11 is 8.05. The van der Waals surface area contributed by atoms with Crippen LogP contribution in [0.25, 0.3) is 0 Å². The van der Waals surface area contributed by atoms with Gasteiger partial charge >= 0.3 is 174 Å². The quantitative estimate of drug-likeness (QED) is 0.407. The van der Waals surface area contributed by atoms with E-state index in [1.807, 2.05) is 18.2 Å². The van der Waals surface area contributed by atoms with Crippen molar-refractivity contribution in [2.24, 2.45) is 5.92 Å². The molecule has 1 unspecified atom stereocenters. The maximum atomic E-state index is 8.05. The van der Waals surface area contributed by atoms with Crippen molar-refractivity contribution >= 4 is 33.1 Å². The van der Waals surface area contributed by atoms with Crippen LogP contribution in [0.2, 0.25) is 0 Å². The van der Waals surface area contributed by atoms with Gasteiger partial charge in [0.2, 0.25) is 0 Å². The van der Waals surface area contributed by atoms with Crippen molar-refractivity contribution < 1.29 is 4.74 Å². The second kappa shape index (κ2) is 8.78. The molecular formula is C25H30ClOP. The number of hydrogen-bond donors (Lipinski definition) is 0. The zero-order valence-electron chi connectivity index (χ0n) is 17.0. The van der Waals surface area contributed by atoms with Gasteiger partial charge in [0.25, 0.3) is 0 Å². The summed E-state index contributed by atoms with van der Waals surface area (Å²) in [6.07, 6.45) is 1.02. The van der Waals surface area contributed by atoms with Gasteiger partial charge in [0, 0.05) is 0 Å². The van der Waals surface area contributed by atoms with Crippen molar-refractivity contribution in [2.45, 2.75) is 33.0 Å². The van der Waals surface area contributed by atoms with Gasteiger partial charge in [-0.2, -0.15) is 0 Å². The van der Waals surface area contributed by atoms with Crippen LogP contribution in [0.1, 0.15) is 27.2 Å². The van der Waals surface area contributed by atoms with E-state index in [1.165, 1.54) is 0 Å². The summed E-state index contributed by atoms with van der Waals surface area (Å²) in [6.45, 7) is 7.30. The van der Waals surface area contributed by atoms with Gasteiger partial charge in [0.05, 0.1) is 0 Å². The van der Waals surface area contributed by atoms with E-state index in [1.54, 1.807) is 0 Å². The molecule has 3 aromatic carbocycles. The molecule has 0 aliphatic carbocycles. The molecule has 0 spiro atoms. The van der Waals surface area contributed by atoms with Crippen LogP contribution in [-0.2, 0) is 4.74 Å². The molecule has 1 atom stereocenters. The molecule has 0 heterocycles. The van der Waals surface area contributed by atoms with Gasteiger partial charge in [-0.3, -0.25) is 0 Å². The summed E-state index contributed by atoms with van der Waals surface area (Å²) < 4.78 is 6.51. The first-order valence-electron chi connectivity index (χ1n) is 9.99. The van der Waals surface area contributed by atoms with E-state index in [9.17, 15) is 0 Å². The van der Waals surface area contributed by atoms with E-state index in [0.717, 1.165) is 22.3 Å². The number of rotatable bonds is 8. The second-order valence-corrected chi connectivity index (χ2v) is 14.3. The maximum absolute atomic E-state index is 8.05. The van der Waals surface area contributed by atoms with Gasteiger partial charge in [-0.1, -0.05) is 0 Å². The molecule has 0 saturated carbocycles. The Balaban J connectivity index is 2.27. The van der Waals surface area contributed by atoms with Gasteiger partial charge in [-0.25, -0.2) is 0 Å². The van der Waals surface area contributed by atoms with E-state index in [2.05, 4.69) is 93.6 Å². The van der Waals surface area contributed by atoms with Crippen molar-refractivity contribution in [2.75, 3.05) is 6.61 Å². The predicted molar refractivity (Wildman–Crippen MR) is 126 cm³/mol. The van der Waals surface area contributed by atoms with Crippen LogP contribution in [0.4, 0.5) is 0 Å². The Morgan fingerprint density at radius 1 is 0.679 bits per heavy atom. The average Bonchev–Trinajstić information content (AvgIpc) is 2.75. The van der Waals surface area contributed by atoms with E-state index < -0.39 is 5.96 Å². The van der Waals surface area contributed by atoms with Crippen molar-refractivity contribution in [3.63, 3.8) is 0 Å². The molecule has 0 bridgehead atoms. The van der Waals surface area contributed by atoms with Crippen LogP contribution in [0.3, 0.4) is 0 Å². The van der Waals surface area contributed by atoms with Crippen LogP contribution in [-0.4, -0.2) is 12.5 Å². The van der Waals surface area contributed by atoms with Crippen LogP contribution >= 0.6 is 17.2 Å². The Morgan fingerprint density at radius 3 is 1.36 bits per heavy atom. The van der Waals surface area contributed by atoms with E-state index in [-0.39, 0.29) is 5.85 Å². The predicted octanol–water partition coefficient (Wildman–Crippen LogP) is 6.08. The molecule has 28 heavy (non-hydrogen) atoms. The molecule has 148 valence electrons. The summed E-state index contributed by atoms with van der Waals surface area (Å²) in [7, 11) is 0. The van der Waals surface area contributed by atoms with Crippen LogP contribution in [0.15, 0.2) is 91.0 Å². The monoisotopic (exact) mass is 412 g/mol. The minimum atomic E-state index is -3.37. The van der Waals surface area contributed by atoms with Gasteiger partial charge in [-0.15, -0.1) is 0 Å². The minimum absolute atomic E-state index is 0.154. The molecule has 0 N–H and O–H groups in total. The summed E-state index contributed by atoms with van der Waals surface area (Å²) in [4.78, 5) is 0. The fourth-order valence-electron chi connectivity index (χ4n) is 3.85. The second-order valence-electron chi connectivity index (χ2n) is 7.73. The normalized spacial score (nSPS) is 14.4. The molecule has 0 radical (unpaired) electrons. The van der Waals surface area contributed by atoms with Gasteiger partial charge in [0.1, 0.15) is 0 Å². The van der Waals surface area contributed by atoms with Crippen LogP contribution < -0.4 is 15.9 Å². The molecule has 0 aliphatic heterocycles. The number of hydrogen-bond acceptors (Lipinski definition) is 1. The Kier molecular flexibility index (Phi) is 6.61. The molecule has 0 aromatic heterocycles. The zero-order chi connectivity index (χ0) is 20.1. The molecule has 0 amide bonds. The molecule has 0 fully saturated rings. The first-order valence-corrected chi connectivity index (χ1v) is 13.2. The third kappa shape index (κ3) is 3.64. The summed E-state index contributed by atoms with van der Waals surface area (Å²) in [5, 5.41) is 3.43. The van der Waals surface area contributed by atoms with E-state index in [4.69, 9.17) is 16.0 Å². The number of ether oxygens (including phenoxy) is 1. The van der Waals surface area contributed by atoms with E-state index >= 15 is 0 Å². The number of halogens is 1. The zero-order valence-corrected chi connectivity index (χ0v) is 18.6. The Labute approximate surface area is 174 Å². The molecule has 0 saturated heterocycles. The first kappa shape index (κ1) is 21.1. The fraction of sp³-hybridized carbons (Fsp3) is 0.280. The molecule has 3 heteroatoms. The van der Waals surface area contributed by atoms with Crippen molar-refractivity contribution in [3.05, 3.63) is 91.0 Å². The average molecular weight is 413 g/mol. The molecular weight excluding hydrogens is 383 g/mol. The van der Waals surface area contributed by atoms with Crippen molar-refractivity contribution in [1.82, 2.24) is 0 Å². The van der Waals surface area contributed by atoms with Crippen molar-refractivity contribution in [3.8, 4) is 0 Å². The number of benzene rings is 3. The standard InChI is InChI=1S/C25H30ClOP/c1-21(2)19-20-27-22(3)28(26,23-13-7-4-8-14-23,24-15-9-5-10-16-24)25-17-11-6-12-18-25/h4-18,21-22H,19-20H2,1-3H3.